The van der Waals surface area contributed by atoms with Gasteiger partial charge in [-0.15, -0.1) is 0 Å². The van der Waals surface area contributed by atoms with Gasteiger partial charge in [0.1, 0.15) is 4.51 Å². The minimum absolute atomic E-state index is 0.0841. The van der Waals surface area contributed by atoms with Crippen LogP contribution in [0.25, 0.3) is 0 Å². The molecule has 0 bridgehead atoms. The molecule has 0 aliphatic rings. The monoisotopic (exact) mass is 211 g/mol. The summed E-state index contributed by atoms with van der Waals surface area (Å²) in [5.74, 6) is 0. The molecule has 14 heavy (non-hydrogen) atoms. The molecule has 0 radical (unpaired) electrons. The predicted octanol–water partition coefficient (Wildman–Crippen LogP) is 2.82. The molecule has 1 aromatic rings. The topological polar surface area (TPSA) is 29.1 Å². The van der Waals surface area contributed by atoms with Gasteiger partial charge in [0.15, 0.2) is 0 Å². The highest BCUT2D eigenvalue weighted by atomic mass is 32.1. The summed E-state index contributed by atoms with van der Waals surface area (Å²) < 4.78 is 0.484. The predicted molar refractivity (Wildman–Crippen MR) is 63.3 cm³/mol. The van der Waals surface area contributed by atoms with E-state index >= 15 is 0 Å². The smallest absolute Gasteiger partial charge is 0.204 e. The largest absolute Gasteiger partial charge is 0.387 e. The molecule has 0 spiro atoms. The average molecular weight is 211 g/mol. The number of rotatable bonds is 6. The fourth-order valence-corrected chi connectivity index (χ4v) is 2.02. The van der Waals surface area contributed by atoms with Crippen molar-refractivity contribution in [3.63, 3.8) is 0 Å². The second kappa shape index (κ2) is 5.25. The number of unbranched alkanes of at least 4 members (excludes halogenated alkanes) is 3. The molecule has 3 heteroatoms. The lowest BCUT2D eigenvalue weighted by atomic mass is 10.0. The minimum atomic E-state index is 0.0841. The highest BCUT2D eigenvalue weighted by molar-refractivity contribution is 7.71. The Morgan fingerprint density at radius 1 is 1.29 bits per heavy atom. The maximum atomic E-state index is 11.4. The zero-order valence-electron chi connectivity index (χ0n) is 8.85. The summed E-state index contributed by atoms with van der Waals surface area (Å²) in [7, 11) is 1.82. The maximum Gasteiger partial charge on any atom is 0.204 e. The van der Waals surface area contributed by atoms with Crippen molar-refractivity contribution in [1.29, 1.82) is 0 Å². The Labute approximate surface area is 90.0 Å². The van der Waals surface area contributed by atoms with Gasteiger partial charge in [0.2, 0.25) is 5.43 Å². The van der Waals surface area contributed by atoms with Gasteiger partial charge in [-0.3, -0.25) is 4.79 Å². The van der Waals surface area contributed by atoms with Crippen molar-refractivity contribution >= 4 is 17.9 Å². The molecule has 78 valence electrons. The zero-order chi connectivity index (χ0) is 10.6. The molecule has 0 fully saturated rings. The van der Waals surface area contributed by atoms with E-state index in [2.05, 4.69) is 12.2 Å². The molecule has 0 aromatic heterocycles. The van der Waals surface area contributed by atoms with Crippen LogP contribution in [0.5, 0.6) is 0 Å². The molecule has 1 rings (SSSR count). The Kier molecular flexibility index (Phi) is 4.26. The fraction of sp³-hybridized carbons (Fsp3) is 0.636. The Hall–Kier alpha value is -0.700. The SMILES string of the molecule is CCCCCCc1c(NC)c(=S)c1=O. The maximum absolute atomic E-state index is 11.4. The molecule has 0 heterocycles. The summed E-state index contributed by atoms with van der Waals surface area (Å²) in [6, 6.07) is 0. The molecule has 1 aromatic carbocycles. The van der Waals surface area contributed by atoms with E-state index in [4.69, 9.17) is 12.2 Å². The summed E-state index contributed by atoms with van der Waals surface area (Å²) in [6.07, 6.45) is 5.67. The lowest BCUT2D eigenvalue weighted by Gasteiger charge is -2.11. The van der Waals surface area contributed by atoms with E-state index in [-0.39, 0.29) is 5.43 Å². The van der Waals surface area contributed by atoms with E-state index < -0.39 is 0 Å². The van der Waals surface area contributed by atoms with Crippen LogP contribution in [0.1, 0.15) is 38.2 Å². The van der Waals surface area contributed by atoms with Crippen LogP contribution >= 0.6 is 12.2 Å². The van der Waals surface area contributed by atoms with Gasteiger partial charge in [-0.2, -0.15) is 0 Å². The van der Waals surface area contributed by atoms with Crippen molar-refractivity contribution in [3.8, 4) is 0 Å². The lowest BCUT2D eigenvalue weighted by Crippen LogP contribution is -2.19. The van der Waals surface area contributed by atoms with Crippen LogP contribution in [0.15, 0.2) is 4.79 Å². The molecule has 0 atom stereocenters. The van der Waals surface area contributed by atoms with Gasteiger partial charge in [-0.25, -0.2) is 0 Å². The highest BCUT2D eigenvalue weighted by Crippen LogP contribution is 2.18. The molecular formula is C11H17NOS. The zero-order valence-corrected chi connectivity index (χ0v) is 9.67. The number of anilines is 1. The number of hydrogen-bond acceptors (Lipinski definition) is 3. The Balaban J connectivity index is 2.48. The van der Waals surface area contributed by atoms with E-state index in [0.717, 1.165) is 24.1 Å². The van der Waals surface area contributed by atoms with E-state index in [1.54, 1.807) is 0 Å². The average Bonchev–Trinajstić information content (AvgIpc) is 2.21. The van der Waals surface area contributed by atoms with Crippen molar-refractivity contribution in [1.82, 2.24) is 0 Å². The van der Waals surface area contributed by atoms with Crippen molar-refractivity contribution in [2.45, 2.75) is 39.0 Å². The van der Waals surface area contributed by atoms with E-state index in [1.165, 1.54) is 19.3 Å². The van der Waals surface area contributed by atoms with Crippen molar-refractivity contribution in [3.05, 3.63) is 20.3 Å². The van der Waals surface area contributed by atoms with Crippen molar-refractivity contribution < 1.29 is 0 Å². The molecular weight excluding hydrogens is 194 g/mol. The summed E-state index contributed by atoms with van der Waals surface area (Å²) in [5.41, 5.74) is 1.90. The van der Waals surface area contributed by atoms with Crippen LogP contribution < -0.4 is 10.7 Å². The van der Waals surface area contributed by atoms with Crippen LogP contribution in [0.2, 0.25) is 0 Å². The first-order chi connectivity index (χ1) is 6.72. The van der Waals surface area contributed by atoms with Crippen LogP contribution in [0.4, 0.5) is 5.69 Å². The third kappa shape index (κ3) is 2.21. The van der Waals surface area contributed by atoms with Crippen LogP contribution in [-0.2, 0) is 6.42 Å². The first kappa shape index (κ1) is 11.4. The highest BCUT2D eigenvalue weighted by Gasteiger charge is 2.14. The van der Waals surface area contributed by atoms with E-state index in [9.17, 15) is 4.79 Å². The molecule has 1 N–H and O–H groups in total. The summed E-state index contributed by atoms with van der Waals surface area (Å²) in [5, 5.41) is 2.99. The van der Waals surface area contributed by atoms with Gasteiger partial charge in [0.25, 0.3) is 0 Å². The van der Waals surface area contributed by atoms with Gasteiger partial charge < -0.3 is 5.32 Å². The number of hydrogen-bond donors (Lipinski definition) is 1. The van der Waals surface area contributed by atoms with Crippen molar-refractivity contribution in [2.75, 3.05) is 12.4 Å². The standard InChI is InChI=1S/C11H17NOS/c1-3-4-5-6-7-8-9(12-2)11(14)10(8)13/h12H,3-7H2,1-2H3. The van der Waals surface area contributed by atoms with Gasteiger partial charge in [0.05, 0.1) is 5.69 Å². The number of nitrogens with one attached hydrogen (secondary N) is 1. The van der Waals surface area contributed by atoms with E-state index in [1.807, 2.05) is 7.05 Å². The molecule has 0 aliphatic heterocycles. The van der Waals surface area contributed by atoms with Gasteiger partial charge in [0, 0.05) is 12.6 Å². The van der Waals surface area contributed by atoms with Crippen LogP contribution in [-0.4, -0.2) is 7.05 Å². The molecule has 0 amide bonds. The molecule has 0 saturated heterocycles. The minimum Gasteiger partial charge on any atom is -0.387 e. The Morgan fingerprint density at radius 2 is 2.00 bits per heavy atom. The first-order valence-electron chi connectivity index (χ1n) is 5.22. The second-order valence-electron chi connectivity index (χ2n) is 3.57. The van der Waals surface area contributed by atoms with Gasteiger partial charge in [-0.05, 0) is 12.8 Å². The second-order valence-corrected chi connectivity index (χ2v) is 3.98. The molecule has 0 saturated carbocycles. The van der Waals surface area contributed by atoms with Crippen LogP contribution in [0, 0.1) is 4.51 Å². The van der Waals surface area contributed by atoms with Gasteiger partial charge in [-0.1, -0.05) is 38.4 Å². The molecule has 2 nitrogen and oxygen atoms in total. The summed E-state index contributed by atoms with van der Waals surface area (Å²) in [6.45, 7) is 2.18. The quantitative estimate of drug-likeness (QED) is 0.579. The Bertz CT molecular complexity index is 363. The fourth-order valence-electron chi connectivity index (χ4n) is 1.67. The van der Waals surface area contributed by atoms with Crippen molar-refractivity contribution in [2.24, 2.45) is 0 Å². The third-order valence-electron chi connectivity index (χ3n) is 2.54. The molecule has 0 aliphatic carbocycles. The third-order valence-corrected chi connectivity index (χ3v) is 2.93. The van der Waals surface area contributed by atoms with Gasteiger partial charge >= 0.3 is 0 Å². The van der Waals surface area contributed by atoms with Crippen LogP contribution in [0.3, 0.4) is 0 Å². The molecule has 0 unspecified atom stereocenters. The summed E-state index contributed by atoms with van der Waals surface area (Å²) >= 11 is 4.94. The normalized spacial score (nSPS) is 10.7. The lowest BCUT2D eigenvalue weighted by molar-refractivity contribution is 0.664. The Morgan fingerprint density at radius 3 is 2.57 bits per heavy atom. The van der Waals surface area contributed by atoms with E-state index in [0.29, 0.717) is 4.51 Å². The summed E-state index contributed by atoms with van der Waals surface area (Å²) in [4.78, 5) is 11.4. The first-order valence-corrected chi connectivity index (χ1v) is 5.63.